The minimum Gasteiger partial charge on any atom is -0.387 e. The molecule has 2 aromatic rings. The molecule has 0 aliphatic carbocycles. The molecule has 2 aromatic carbocycles. The van der Waals surface area contributed by atoms with Crippen molar-refractivity contribution in [2.75, 3.05) is 6.54 Å². The average molecular weight is 375 g/mol. The summed E-state index contributed by atoms with van der Waals surface area (Å²) in [5.41, 5.74) is 2.28. The van der Waals surface area contributed by atoms with Gasteiger partial charge in [0.05, 0.1) is 6.10 Å². The van der Waals surface area contributed by atoms with E-state index in [0.29, 0.717) is 17.1 Å². The second-order valence-electron chi connectivity index (χ2n) is 6.29. The Labute approximate surface area is 158 Å². The van der Waals surface area contributed by atoms with E-state index in [0.717, 1.165) is 17.5 Å². The van der Waals surface area contributed by atoms with Crippen LogP contribution in [0.4, 0.5) is 0 Å². The zero-order chi connectivity index (χ0) is 19.1. The second-order valence-corrected chi connectivity index (χ2v) is 6.73. The number of imide groups is 1. The first kappa shape index (κ1) is 20.1. The van der Waals surface area contributed by atoms with Gasteiger partial charge in [-0.15, -0.1) is 0 Å². The van der Waals surface area contributed by atoms with Gasteiger partial charge in [0.2, 0.25) is 5.91 Å². The molecule has 5 nitrogen and oxygen atoms in total. The first-order valence-corrected chi connectivity index (χ1v) is 8.80. The third-order valence-corrected chi connectivity index (χ3v) is 4.18. The van der Waals surface area contributed by atoms with E-state index in [1.165, 1.54) is 6.92 Å². The van der Waals surface area contributed by atoms with Crippen LogP contribution in [0.25, 0.3) is 0 Å². The van der Waals surface area contributed by atoms with Crippen LogP contribution in [0.3, 0.4) is 0 Å². The van der Waals surface area contributed by atoms with E-state index >= 15 is 0 Å². The van der Waals surface area contributed by atoms with E-state index in [4.69, 9.17) is 11.6 Å². The van der Waals surface area contributed by atoms with Crippen molar-refractivity contribution in [1.29, 1.82) is 0 Å². The van der Waals surface area contributed by atoms with E-state index in [1.807, 2.05) is 31.2 Å². The monoisotopic (exact) mass is 374 g/mol. The minimum absolute atomic E-state index is 0.140. The summed E-state index contributed by atoms with van der Waals surface area (Å²) < 4.78 is 0. The molecule has 0 bridgehead atoms. The first-order valence-electron chi connectivity index (χ1n) is 8.43. The van der Waals surface area contributed by atoms with Crippen LogP contribution in [-0.2, 0) is 11.2 Å². The molecule has 2 rings (SSSR count). The molecule has 0 fully saturated rings. The van der Waals surface area contributed by atoms with E-state index in [2.05, 4.69) is 10.6 Å². The summed E-state index contributed by atoms with van der Waals surface area (Å²) in [6, 6.07) is 14.4. The van der Waals surface area contributed by atoms with Gasteiger partial charge in [0.1, 0.15) is 0 Å². The van der Waals surface area contributed by atoms with Crippen LogP contribution in [0.1, 0.15) is 41.4 Å². The molecule has 0 aliphatic rings. The van der Waals surface area contributed by atoms with Crippen molar-refractivity contribution in [3.05, 3.63) is 70.2 Å². The largest absolute Gasteiger partial charge is 0.387 e. The standard InChI is InChI=1S/C20H23ClN2O3/c1-13(22-12-19(25)17-4-3-5-18(21)11-17)10-15-6-8-16(9-7-15)20(26)23-14(2)24/h3-9,11,13,19,22,25H,10,12H2,1-2H3,(H,23,24,26)/t13-,19+/m1/s1. The van der Waals surface area contributed by atoms with Crippen LogP contribution in [0.2, 0.25) is 5.02 Å². The maximum absolute atomic E-state index is 11.7. The number of carbonyl (C=O) groups excluding carboxylic acids is 2. The molecule has 0 saturated carbocycles. The number of rotatable bonds is 7. The van der Waals surface area contributed by atoms with E-state index in [9.17, 15) is 14.7 Å². The predicted molar refractivity (Wildman–Crippen MR) is 102 cm³/mol. The highest BCUT2D eigenvalue weighted by Crippen LogP contribution is 2.17. The third-order valence-electron chi connectivity index (χ3n) is 3.94. The van der Waals surface area contributed by atoms with Crippen LogP contribution >= 0.6 is 11.6 Å². The lowest BCUT2D eigenvalue weighted by atomic mass is 10.0. The van der Waals surface area contributed by atoms with Gasteiger partial charge in [0, 0.05) is 30.1 Å². The number of aliphatic hydroxyl groups is 1. The van der Waals surface area contributed by atoms with Gasteiger partial charge in [-0.25, -0.2) is 0 Å². The molecule has 3 N–H and O–H groups in total. The van der Waals surface area contributed by atoms with Gasteiger partial charge in [-0.05, 0) is 48.7 Å². The third kappa shape index (κ3) is 6.26. The summed E-state index contributed by atoms with van der Waals surface area (Å²) in [6.45, 7) is 3.75. The number of halogens is 1. The molecule has 0 radical (unpaired) electrons. The lowest BCUT2D eigenvalue weighted by Gasteiger charge is -2.18. The zero-order valence-electron chi connectivity index (χ0n) is 14.8. The van der Waals surface area contributed by atoms with Crippen LogP contribution in [-0.4, -0.2) is 29.5 Å². The Bertz CT molecular complexity index is 762. The average Bonchev–Trinajstić information content (AvgIpc) is 2.59. The van der Waals surface area contributed by atoms with Crippen LogP contribution < -0.4 is 10.6 Å². The van der Waals surface area contributed by atoms with Crippen molar-refractivity contribution < 1.29 is 14.7 Å². The first-order chi connectivity index (χ1) is 12.3. The summed E-state index contributed by atoms with van der Waals surface area (Å²) in [6.07, 6.45) is 0.116. The summed E-state index contributed by atoms with van der Waals surface area (Å²) in [4.78, 5) is 22.7. The van der Waals surface area contributed by atoms with Gasteiger partial charge in [0.25, 0.3) is 5.91 Å². The summed E-state index contributed by atoms with van der Waals surface area (Å²) in [5.74, 6) is -0.782. The fourth-order valence-electron chi connectivity index (χ4n) is 2.59. The normalized spacial score (nSPS) is 13.1. The second kappa shape index (κ2) is 9.48. The molecular weight excluding hydrogens is 352 g/mol. The van der Waals surface area contributed by atoms with Crippen LogP contribution in [0.5, 0.6) is 0 Å². The summed E-state index contributed by atoms with van der Waals surface area (Å²) in [7, 11) is 0. The van der Waals surface area contributed by atoms with Gasteiger partial charge in [-0.1, -0.05) is 35.9 Å². The molecule has 0 aliphatic heterocycles. The fourth-order valence-corrected chi connectivity index (χ4v) is 2.79. The topological polar surface area (TPSA) is 78.4 Å². The zero-order valence-corrected chi connectivity index (χ0v) is 15.6. The molecule has 26 heavy (non-hydrogen) atoms. The van der Waals surface area contributed by atoms with E-state index in [-0.39, 0.29) is 11.9 Å². The number of benzene rings is 2. The summed E-state index contributed by atoms with van der Waals surface area (Å²) >= 11 is 5.94. The Balaban J connectivity index is 1.84. The molecule has 0 spiro atoms. The molecule has 0 saturated heterocycles. The van der Waals surface area contributed by atoms with Gasteiger partial charge in [-0.2, -0.15) is 0 Å². The van der Waals surface area contributed by atoms with Gasteiger partial charge < -0.3 is 10.4 Å². The molecular formula is C20H23ClN2O3. The minimum atomic E-state index is -0.631. The van der Waals surface area contributed by atoms with Gasteiger partial charge in [0.15, 0.2) is 0 Å². The fraction of sp³-hybridized carbons (Fsp3) is 0.300. The van der Waals surface area contributed by atoms with Crippen molar-refractivity contribution in [2.45, 2.75) is 32.4 Å². The highest BCUT2D eigenvalue weighted by molar-refractivity contribution is 6.30. The predicted octanol–water partition coefficient (Wildman–Crippen LogP) is 2.87. The van der Waals surface area contributed by atoms with Gasteiger partial charge >= 0.3 is 0 Å². The molecule has 0 aromatic heterocycles. The number of aliphatic hydroxyl groups excluding tert-OH is 1. The Morgan fingerprint density at radius 3 is 2.46 bits per heavy atom. The maximum atomic E-state index is 11.7. The lowest BCUT2D eigenvalue weighted by Crippen LogP contribution is -2.32. The molecule has 0 unspecified atom stereocenters. The van der Waals surface area contributed by atoms with Crippen molar-refractivity contribution in [3.63, 3.8) is 0 Å². The maximum Gasteiger partial charge on any atom is 0.257 e. The highest BCUT2D eigenvalue weighted by Gasteiger charge is 2.11. The Hall–Kier alpha value is -2.21. The van der Waals surface area contributed by atoms with Crippen molar-refractivity contribution in [3.8, 4) is 0 Å². The highest BCUT2D eigenvalue weighted by atomic mass is 35.5. The Morgan fingerprint density at radius 1 is 1.15 bits per heavy atom. The molecule has 2 amide bonds. The molecule has 0 heterocycles. The van der Waals surface area contributed by atoms with Crippen molar-refractivity contribution in [2.24, 2.45) is 0 Å². The van der Waals surface area contributed by atoms with Gasteiger partial charge in [-0.3, -0.25) is 14.9 Å². The molecule has 138 valence electrons. The molecule has 6 heteroatoms. The van der Waals surface area contributed by atoms with Crippen LogP contribution in [0, 0.1) is 0 Å². The quantitative estimate of drug-likeness (QED) is 0.696. The van der Waals surface area contributed by atoms with E-state index < -0.39 is 12.0 Å². The Morgan fingerprint density at radius 2 is 1.85 bits per heavy atom. The molecule has 2 atom stereocenters. The number of nitrogens with one attached hydrogen (secondary N) is 2. The Kier molecular flexibility index (Phi) is 7.33. The van der Waals surface area contributed by atoms with Crippen molar-refractivity contribution in [1.82, 2.24) is 10.6 Å². The van der Waals surface area contributed by atoms with Crippen molar-refractivity contribution >= 4 is 23.4 Å². The van der Waals surface area contributed by atoms with E-state index in [1.54, 1.807) is 24.3 Å². The lowest BCUT2D eigenvalue weighted by molar-refractivity contribution is -0.118. The number of carbonyl (C=O) groups is 2. The smallest absolute Gasteiger partial charge is 0.257 e. The SMILES string of the molecule is CC(=O)NC(=O)c1ccc(C[C@@H](C)NC[C@H](O)c2cccc(Cl)c2)cc1. The summed E-state index contributed by atoms with van der Waals surface area (Å²) in [5, 5.41) is 16.4. The number of hydrogen-bond acceptors (Lipinski definition) is 4. The van der Waals surface area contributed by atoms with Crippen LogP contribution in [0.15, 0.2) is 48.5 Å². The number of amides is 2. The number of hydrogen-bond donors (Lipinski definition) is 3.